The number of hydrogen-bond acceptors (Lipinski definition) is 2. The first-order valence-electron chi connectivity index (χ1n) is 3.68. The summed E-state index contributed by atoms with van der Waals surface area (Å²) in [6.45, 7) is 10.6. The Kier molecular flexibility index (Phi) is 4.00. The lowest BCUT2D eigenvalue weighted by molar-refractivity contribution is -0.0704. The maximum absolute atomic E-state index is 5.10. The van der Waals surface area contributed by atoms with E-state index in [-0.39, 0.29) is 6.29 Å². The van der Waals surface area contributed by atoms with Gasteiger partial charge in [-0.05, 0) is 5.20 Å². The molecule has 0 saturated heterocycles. The van der Waals surface area contributed by atoms with Gasteiger partial charge in [-0.15, -0.1) is 0 Å². The van der Waals surface area contributed by atoms with E-state index in [1.807, 2.05) is 0 Å². The molecule has 0 aromatic heterocycles. The van der Waals surface area contributed by atoms with Crippen molar-refractivity contribution in [1.82, 2.24) is 0 Å². The summed E-state index contributed by atoms with van der Waals surface area (Å²) < 4.78 is 10.2. The van der Waals surface area contributed by atoms with Gasteiger partial charge in [0.1, 0.15) is 0 Å². The van der Waals surface area contributed by atoms with E-state index in [0.29, 0.717) is 0 Å². The van der Waals surface area contributed by atoms with Gasteiger partial charge in [0.05, 0.1) is 8.07 Å². The first-order valence-corrected chi connectivity index (χ1v) is 7.18. The molecule has 0 fully saturated rings. The van der Waals surface area contributed by atoms with Gasteiger partial charge in [0, 0.05) is 14.2 Å². The minimum atomic E-state index is -1.31. The van der Waals surface area contributed by atoms with E-state index >= 15 is 0 Å². The van der Waals surface area contributed by atoms with Crippen LogP contribution in [0, 0.1) is 0 Å². The van der Waals surface area contributed by atoms with Crippen LogP contribution in [0.2, 0.25) is 19.6 Å². The van der Waals surface area contributed by atoms with Gasteiger partial charge < -0.3 is 9.47 Å². The number of rotatable bonds is 4. The Morgan fingerprint density at radius 1 is 1.18 bits per heavy atom. The Morgan fingerprint density at radius 3 is 1.64 bits per heavy atom. The lowest BCUT2D eigenvalue weighted by Crippen LogP contribution is -2.33. The molecule has 0 aromatic rings. The van der Waals surface area contributed by atoms with Crippen molar-refractivity contribution in [2.75, 3.05) is 14.2 Å². The van der Waals surface area contributed by atoms with Crippen LogP contribution < -0.4 is 0 Å². The van der Waals surface area contributed by atoms with Crippen LogP contribution in [-0.2, 0) is 9.47 Å². The van der Waals surface area contributed by atoms with Gasteiger partial charge in [-0.1, -0.05) is 26.2 Å². The Labute approximate surface area is 70.2 Å². The van der Waals surface area contributed by atoms with Gasteiger partial charge >= 0.3 is 0 Å². The predicted octanol–water partition coefficient (Wildman–Crippen LogP) is 2.04. The van der Waals surface area contributed by atoms with Crippen molar-refractivity contribution < 1.29 is 9.47 Å². The van der Waals surface area contributed by atoms with E-state index in [0.717, 1.165) is 5.20 Å². The monoisotopic (exact) mass is 174 g/mol. The second kappa shape index (κ2) is 4.04. The van der Waals surface area contributed by atoms with E-state index in [1.165, 1.54) is 0 Å². The highest BCUT2D eigenvalue weighted by Crippen LogP contribution is 2.18. The van der Waals surface area contributed by atoms with Crippen molar-refractivity contribution in [3.05, 3.63) is 11.8 Å². The number of hydrogen-bond donors (Lipinski definition) is 0. The lowest BCUT2D eigenvalue weighted by Gasteiger charge is -2.25. The maximum Gasteiger partial charge on any atom is 0.175 e. The molecule has 3 heteroatoms. The van der Waals surface area contributed by atoms with Gasteiger partial charge in [-0.25, -0.2) is 0 Å². The van der Waals surface area contributed by atoms with Crippen LogP contribution in [0.15, 0.2) is 11.8 Å². The summed E-state index contributed by atoms with van der Waals surface area (Å²) >= 11 is 0. The second-order valence-corrected chi connectivity index (χ2v) is 8.72. The first kappa shape index (κ1) is 10.9. The zero-order valence-electron chi connectivity index (χ0n) is 8.10. The van der Waals surface area contributed by atoms with Gasteiger partial charge in [-0.3, -0.25) is 0 Å². The van der Waals surface area contributed by atoms with Gasteiger partial charge in [0.15, 0.2) is 6.29 Å². The molecule has 0 aromatic carbocycles. The Hall–Kier alpha value is -0.123. The molecule has 0 rings (SSSR count). The zero-order valence-corrected chi connectivity index (χ0v) is 9.10. The molecule has 0 aliphatic heterocycles. The minimum absolute atomic E-state index is 0.221. The highest BCUT2D eigenvalue weighted by molar-refractivity contribution is 6.83. The van der Waals surface area contributed by atoms with Crippen LogP contribution in [0.25, 0.3) is 0 Å². The van der Waals surface area contributed by atoms with E-state index in [4.69, 9.17) is 9.47 Å². The third kappa shape index (κ3) is 3.18. The average Bonchev–Trinajstić information content (AvgIpc) is 1.88. The zero-order chi connectivity index (χ0) is 9.07. The second-order valence-electron chi connectivity index (χ2n) is 3.58. The van der Waals surface area contributed by atoms with Crippen molar-refractivity contribution in [1.29, 1.82) is 0 Å². The summed E-state index contributed by atoms with van der Waals surface area (Å²) in [5, 5.41) is 1.10. The molecule has 0 bridgehead atoms. The first-order chi connectivity index (χ1) is 4.93. The normalized spacial score (nSPS) is 12.2. The number of ether oxygens (including phenoxy) is 2. The molecule has 0 radical (unpaired) electrons. The molecule has 0 unspecified atom stereocenters. The Balaban J connectivity index is 4.22. The Morgan fingerprint density at radius 2 is 1.55 bits per heavy atom. The van der Waals surface area contributed by atoms with Crippen LogP contribution in [0.1, 0.15) is 0 Å². The summed E-state index contributed by atoms with van der Waals surface area (Å²) in [6.07, 6.45) is -0.221. The molecule has 0 amide bonds. The van der Waals surface area contributed by atoms with Crippen LogP contribution in [0.3, 0.4) is 0 Å². The summed E-state index contributed by atoms with van der Waals surface area (Å²) in [5.41, 5.74) is 0. The van der Waals surface area contributed by atoms with Crippen LogP contribution in [-0.4, -0.2) is 28.6 Å². The van der Waals surface area contributed by atoms with Gasteiger partial charge in [0.25, 0.3) is 0 Å². The summed E-state index contributed by atoms with van der Waals surface area (Å²) in [5.74, 6) is 0. The van der Waals surface area contributed by atoms with E-state index in [9.17, 15) is 0 Å². The maximum atomic E-state index is 5.10. The minimum Gasteiger partial charge on any atom is -0.352 e. The summed E-state index contributed by atoms with van der Waals surface area (Å²) in [4.78, 5) is 0. The van der Waals surface area contributed by atoms with Crippen molar-refractivity contribution in [3.8, 4) is 0 Å². The summed E-state index contributed by atoms with van der Waals surface area (Å²) in [7, 11) is 1.97. The van der Waals surface area contributed by atoms with E-state index in [1.54, 1.807) is 14.2 Å². The van der Waals surface area contributed by atoms with E-state index in [2.05, 4.69) is 26.2 Å². The topological polar surface area (TPSA) is 18.5 Å². The fraction of sp³-hybridized carbons (Fsp3) is 0.750. The van der Waals surface area contributed by atoms with Crippen LogP contribution >= 0.6 is 0 Å². The molecule has 0 aliphatic rings. The van der Waals surface area contributed by atoms with Crippen LogP contribution in [0.4, 0.5) is 0 Å². The third-order valence-electron chi connectivity index (χ3n) is 1.68. The predicted molar refractivity (Wildman–Crippen MR) is 50.3 cm³/mol. The van der Waals surface area contributed by atoms with Gasteiger partial charge in [0.2, 0.25) is 0 Å². The molecule has 2 nitrogen and oxygen atoms in total. The highest BCUT2D eigenvalue weighted by atomic mass is 28.3. The van der Waals surface area contributed by atoms with Gasteiger partial charge in [-0.2, -0.15) is 0 Å². The number of methoxy groups -OCH3 is 2. The standard InChI is InChI=1S/C8H18O2Si/c1-7(11(4,5)6)8(9-2)10-3/h8H,1H2,2-6H3. The molecule has 0 spiro atoms. The fourth-order valence-corrected chi connectivity index (χ4v) is 1.68. The fourth-order valence-electron chi connectivity index (χ4n) is 0.734. The third-order valence-corrected chi connectivity index (χ3v) is 3.84. The van der Waals surface area contributed by atoms with Crippen LogP contribution in [0.5, 0.6) is 0 Å². The smallest absolute Gasteiger partial charge is 0.175 e. The van der Waals surface area contributed by atoms with Crippen molar-refractivity contribution in [2.45, 2.75) is 25.9 Å². The Bertz CT molecular complexity index is 134. The molecule has 11 heavy (non-hydrogen) atoms. The van der Waals surface area contributed by atoms with Crippen molar-refractivity contribution in [2.24, 2.45) is 0 Å². The quantitative estimate of drug-likeness (QED) is 0.479. The SMILES string of the molecule is C=C(C(OC)OC)[Si](C)(C)C. The highest BCUT2D eigenvalue weighted by Gasteiger charge is 2.24. The average molecular weight is 174 g/mol. The summed E-state index contributed by atoms with van der Waals surface area (Å²) in [6, 6.07) is 0. The lowest BCUT2D eigenvalue weighted by atomic mass is 10.6. The molecule has 0 atom stereocenters. The van der Waals surface area contributed by atoms with Crippen molar-refractivity contribution >= 4 is 8.07 Å². The van der Waals surface area contributed by atoms with Crippen molar-refractivity contribution in [3.63, 3.8) is 0 Å². The molecular weight excluding hydrogens is 156 g/mol. The largest absolute Gasteiger partial charge is 0.352 e. The molecule has 0 heterocycles. The molecule has 0 saturated carbocycles. The molecular formula is C8H18O2Si. The van der Waals surface area contributed by atoms with E-state index < -0.39 is 8.07 Å². The molecule has 0 aliphatic carbocycles. The molecule has 66 valence electrons. The molecule has 0 N–H and O–H groups in total.